The molecule has 112 valence electrons. The van der Waals surface area contributed by atoms with Crippen molar-refractivity contribution < 1.29 is 14.4 Å². The van der Waals surface area contributed by atoms with Gasteiger partial charge in [0.15, 0.2) is 0 Å². The van der Waals surface area contributed by atoms with Gasteiger partial charge in [0.1, 0.15) is 6.10 Å². The Morgan fingerprint density at radius 2 is 2.23 bits per heavy atom. The number of pyridine rings is 2. The van der Waals surface area contributed by atoms with Gasteiger partial charge in [-0.1, -0.05) is 11.2 Å². The van der Waals surface area contributed by atoms with Crippen molar-refractivity contribution in [3.63, 3.8) is 0 Å². The smallest absolute Gasteiger partial charge is 0.290 e. The highest BCUT2D eigenvalue weighted by Gasteiger charge is 2.18. The van der Waals surface area contributed by atoms with Gasteiger partial charge in [-0.15, -0.1) is 0 Å². The molecular formula is C14H12N4O4. The number of hydrogen-bond acceptors (Lipinski definition) is 6. The van der Waals surface area contributed by atoms with Crippen molar-refractivity contribution in [1.82, 2.24) is 20.4 Å². The third-order valence-electron chi connectivity index (χ3n) is 3.07. The molecule has 0 saturated heterocycles. The second-order valence-electron chi connectivity index (χ2n) is 4.58. The quantitative estimate of drug-likeness (QED) is 0.640. The molecule has 0 saturated carbocycles. The van der Waals surface area contributed by atoms with E-state index < -0.39 is 12.0 Å². The molecule has 3 heterocycles. The zero-order valence-corrected chi connectivity index (χ0v) is 11.3. The lowest BCUT2D eigenvalue weighted by molar-refractivity contribution is 0.0880. The average Bonchev–Trinajstić information content (AvgIpc) is 2.96. The van der Waals surface area contributed by atoms with Crippen molar-refractivity contribution in [3.05, 3.63) is 58.3 Å². The lowest BCUT2D eigenvalue weighted by Gasteiger charge is -2.10. The molecule has 0 aliphatic heterocycles. The number of rotatable bonds is 4. The van der Waals surface area contributed by atoms with E-state index in [-0.39, 0.29) is 17.9 Å². The molecule has 1 amide bonds. The van der Waals surface area contributed by atoms with Crippen LogP contribution in [0, 0.1) is 0 Å². The Morgan fingerprint density at radius 1 is 1.36 bits per heavy atom. The first kappa shape index (κ1) is 14.0. The molecule has 8 nitrogen and oxygen atoms in total. The second kappa shape index (κ2) is 5.78. The van der Waals surface area contributed by atoms with Gasteiger partial charge in [0.25, 0.3) is 5.91 Å². The van der Waals surface area contributed by atoms with E-state index in [0.717, 1.165) is 0 Å². The van der Waals surface area contributed by atoms with Crippen LogP contribution in [0.2, 0.25) is 0 Å². The van der Waals surface area contributed by atoms with Crippen molar-refractivity contribution >= 4 is 16.9 Å². The maximum Gasteiger partial charge on any atom is 0.290 e. The number of aromatic nitrogens is 3. The van der Waals surface area contributed by atoms with Crippen LogP contribution in [0.25, 0.3) is 11.0 Å². The Bertz CT molecular complexity index is 870. The summed E-state index contributed by atoms with van der Waals surface area (Å²) in [6.07, 6.45) is 0.507. The third-order valence-corrected chi connectivity index (χ3v) is 3.07. The lowest BCUT2D eigenvalue weighted by Crippen LogP contribution is -2.29. The summed E-state index contributed by atoms with van der Waals surface area (Å²) < 4.78 is 4.97. The van der Waals surface area contributed by atoms with Gasteiger partial charge >= 0.3 is 0 Å². The summed E-state index contributed by atoms with van der Waals surface area (Å²) in [6.45, 7) is -0.0821. The molecule has 3 aromatic heterocycles. The topological polar surface area (TPSA) is 121 Å². The molecule has 0 aliphatic rings. The number of nitrogens with zero attached hydrogens (tertiary/aromatic N) is 2. The molecule has 3 aromatic rings. The minimum Gasteiger partial charge on any atom is -0.385 e. The zero-order chi connectivity index (χ0) is 15.5. The highest BCUT2D eigenvalue weighted by molar-refractivity contribution is 6.02. The van der Waals surface area contributed by atoms with Gasteiger partial charge in [-0.05, 0) is 18.2 Å². The van der Waals surface area contributed by atoms with Crippen LogP contribution in [-0.4, -0.2) is 32.7 Å². The Balaban J connectivity index is 1.71. The van der Waals surface area contributed by atoms with E-state index >= 15 is 0 Å². The molecule has 0 fully saturated rings. The summed E-state index contributed by atoms with van der Waals surface area (Å²) in [4.78, 5) is 29.7. The Hall–Kier alpha value is -3.00. The summed E-state index contributed by atoms with van der Waals surface area (Å²) in [7, 11) is 0. The maximum atomic E-state index is 12.1. The van der Waals surface area contributed by atoms with Crippen LogP contribution in [0.5, 0.6) is 0 Å². The fourth-order valence-corrected chi connectivity index (χ4v) is 1.99. The highest BCUT2D eigenvalue weighted by Crippen LogP contribution is 2.15. The summed E-state index contributed by atoms with van der Waals surface area (Å²) in [6, 6.07) is 7.75. The van der Waals surface area contributed by atoms with Gasteiger partial charge in [0, 0.05) is 24.5 Å². The van der Waals surface area contributed by atoms with E-state index in [1.807, 2.05) is 0 Å². The molecular weight excluding hydrogens is 288 g/mol. The normalized spacial score (nSPS) is 12.2. The monoisotopic (exact) mass is 300 g/mol. The standard InChI is InChI=1S/C14H12N4O4/c19-10(9-4-1-5-11(20)17-9)7-16-14(21)12-8-3-2-6-15-13(8)18-22-12/h1-6,10,19H,7H2,(H,16,21)(H,17,20). The van der Waals surface area contributed by atoms with E-state index in [4.69, 9.17) is 4.52 Å². The maximum absolute atomic E-state index is 12.1. The molecule has 1 atom stereocenters. The first-order valence-electron chi connectivity index (χ1n) is 6.51. The van der Waals surface area contributed by atoms with Crippen LogP contribution in [0.3, 0.4) is 0 Å². The molecule has 1 unspecified atom stereocenters. The summed E-state index contributed by atoms with van der Waals surface area (Å²) >= 11 is 0. The van der Waals surface area contributed by atoms with Crippen molar-refractivity contribution in [3.8, 4) is 0 Å². The molecule has 22 heavy (non-hydrogen) atoms. The fraction of sp³-hybridized carbons (Fsp3) is 0.143. The predicted molar refractivity (Wildman–Crippen MR) is 76.2 cm³/mol. The molecule has 8 heteroatoms. The number of carbonyl (C=O) groups excluding carboxylic acids is 1. The van der Waals surface area contributed by atoms with Crippen LogP contribution in [-0.2, 0) is 0 Å². The molecule has 0 bridgehead atoms. The minimum absolute atomic E-state index is 0.0249. The Kier molecular flexibility index (Phi) is 3.67. The highest BCUT2D eigenvalue weighted by atomic mass is 16.5. The average molecular weight is 300 g/mol. The predicted octanol–water partition coefficient (Wildman–Crippen LogP) is 0.374. The van der Waals surface area contributed by atoms with Crippen LogP contribution in [0.15, 0.2) is 45.8 Å². The largest absolute Gasteiger partial charge is 0.385 e. The van der Waals surface area contributed by atoms with Gasteiger partial charge in [-0.25, -0.2) is 4.98 Å². The molecule has 0 radical (unpaired) electrons. The number of H-pyrrole nitrogens is 1. The summed E-state index contributed by atoms with van der Waals surface area (Å²) in [5, 5.41) is 16.7. The fourth-order valence-electron chi connectivity index (χ4n) is 1.99. The van der Waals surface area contributed by atoms with Crippen LogP contribution in [0.1, 0.15) is 22.4 Å². The molecule has 0 aromatic carbocycles. The Morgan fingerprint density at radius 3 is 3.05 bits per heavy atom. The van der Waals surface area contributed by atoms with E-state index in [2.05, 4.69) is 20.4 Å². The van der Waals surface area contributed by atoms with Crippen LogP contribution in [0.4, 0.5) is 0 Å². The lowest BCUT2D eigenvalue weighted by atomic mass is 10.2. The molecule has 0 spiro atoms. The van der Waals surface area contributed by atoms with Crippen molar-refractivity contribution in [1.29, 1.82) is 0 Å². The van der Waals surface area contributed by atoms with Crippen molar-refractivity contribution in [2.45, 2.75) is 6.10 Å². The first-order valence-corrected chi connectivity index (χ1v) is 6.51. The zero-order valence-electron chi connectivity index (χ0n) is 11.3. The number of nitrogens with one attached hydrogen (secondary N) is 2. The van der Waals surface area contributed by atoms with E-state index in [1.165, 1.54) is 12.1 Å². The van der Waals surface area contributed by atoms with Crippen LogP contribution >= 0.6 is 0 Å². The number of hydrogen-bond donors (Lipinski definition) is 3. The first-order chi connectivity index (χ1) is 10.6. The number of aliphatic hydroxyl groups is 1. The van der Waals surface area contributed by atoms with Gasteiger partial charge in [0.2, 0.25) is 17.0 Å². The Labute approximate surface area is 123 Å². The number of carbonyl (C=O) groups is 1. The minimum atomic E-state index is -1.04. The molecule has 3 rings (SSSR count). The van der Waals surface area contributed by atoms with Crippen molar-refractivity contribution in [2.75, 3.05) is 6.54 Å². The van der Waals surface area contributed by atoms with Gasteiger partial charge in [-0.2, -0.15) is 0 Å². The van der Waals surface area contributed by atoms with Gasteiger partial charge in [-0.3, -0.25) is 9.59 Å². The number of aromatic amines is 1. The molecule has 0 aliphatic carbocycles. The van der Waals surface area contributed by atoms with Crippen molar-refractivity contribution in [2.24, 2.45) is 0 Å². The number of fused-ring (bicyclic) bond motifs is 1. The summed E-state index contributed by atoms with van der Waals surface area (Å²) in [5.74, 6) is -0.496. The number of amides is 1. The SMILES string of the molecule is O=C(NCC(O)c1cccc(=O)[nH]1)c1onc2ncccc12. The van der Waals surface area contributed by atoms with E-state index in [1.54, 1.807) is 24.4 Å². The van der Waals surface area contributed by atoms with E-state index in [0.29, 0.717) is 16.7 Å². The molecule has 3 N–H and O–H groups in total. The van der Waals surface area contributed by atoms with E-state index in [9.17, 15) is 14.7 Å². The third kappa shape index (κ3) is 2.72. The second-order valence-corrected chi connectivity index (χ2v) is 4.58. The van der Waals surface area contributed by atoms with Gasteiger partial charge < -0.3 is 19.9 Å². The number of aliphatic hydroxyl groups excluding tert-OH is 1. The van der Waals surface area contributed by atoms with Crippen LogP contribution < -0.4 is 10.9 Å². The summed E-state index contributed by atoms with van der Waals surface area (Å²) in [5.41, 5.74) is 0.327. The van der Waals surface area contributed by atoms with Gasteiger partial charge in [0.05, 0.1) is 5.39 Å².